The molecule has 2 bridgehead atoms. The molecule has 1 spiro atoms. The van der Waals surface area contributed by atoms with Crippen molar-refractivity contribution in [2.75, 3.05) is 18.4 Å². The van der Waals surface area contributed by atoms with Gasteiger partial charge < -0.3 is 40.7 Å². The lowest BCUT2D eigenvalue weighted by Crippen LogP contribution is -2.77. The van der Waals surface area contributed by atoms with Gasteiger partial charge >= 0.3 is 11.9 Å². The number of phenolic OH excluding ortho intramolecular Hbond substituents is 1. The second-order valence-corrected chi connectivity index (χ2v) is 13.2. The first-order valence-electron chi connectivity index (χ1n) is 15.4. The Labute approximate surface area is 262 Å². The van der Waals surface area contributed by atoms with Gasteiger partial charge in [0, 0.05) is 23.8 Å². The number of aliphatic carboxylic acids is 2. The smallest absolute Gasteiger partial charge is 0.335 e. The lowest BCUT2D eigenvalue weighted by molar-refractivity contribution is -0.187. The van der Waals surface area contributed by atoms with E-state index < -0.39 is 35.2 Å². The highest BCUT2D eigenvalue weighted by atomic mass is 16.5. The first kappa shape index (κ1) is 30.4. The van der Waals surface area contributed by atoms with Crippen LogP contribution in [0.1, 0.15) is 63.9 Å². The summed E-state index contributed by atoms with van der Waals surface area (Å²) in [5.41, 5.74) is 2.15. The number of benzene rings is 2. The Kier molecular flexibility index (Phi) is 7.05. The maximum atomic E-state index is 12.6. The number of ether oxygens (including phenoxy) is 1. The first-order chi connectivity index (χ1) is 21.9. The third-order valence-corrected chi connectivity index (χ3v) is 10.7. The van der Waals surface area contributed by atoms with E-state index in [1.807, 2.05) is 12.1 Å². The molecule has 2 saturated carbocycles. The molecule has 1 saturated heterocycles. The summed E-state index contributed by atoms with van der Waals surface area (Å²) in [5, 5.41) is 61.8. The summed E-state index contributed by atoms with van der Waals surface area (Å²) in [6, 6.07) is 8.88. The zero-order chi connectivity index (χ0) is 32.7. The van der Waals surface area contributed by atoms with Crippen LogP contribution < -0.4 is 15.4 Å². The molecule has 3 heterocycles. The van der Waals surface area contributed by atoms with E-state index in [9.17, 15) is 29.4 Å². The molecule has 46 heavy (non-hydrogen) atoms. The molecule has 244 valence electrons. The second kappa shape index (κ2) is 10.7. The number of hydrogen-bond donors (Lipinski definition) is 8. The van der Waals surface area contributed by atoms with Crippen molar-refractivity contribution in [3.8, 4) is 11.5 Å². The number of carboxylic acids is 2. The van der Waals surface area contributed by atoms with Gasteiger partial charge in [0.1, 0.15) is 6.10 Å². The van der Waals surface area contributed by atoms with E-state index in [1.54, 1.807) is 18.2 Å². The lowest BCUT2D eigenvalue weighted by atomic mass is 9.48. The molecule has 3 aliphatic heterocycles. The normalized spacial score (nSPS) is 31.3. The van der Waals surface area contributed by atoms with E-state index in [0.29, 0.717) is 29.7 Å². The SMILES string of the molecule is O=C(O)C(O)C(O)C(=O)O.O=C1NC(=O)c2cc(N[C@@H]3CCC4(O)[C@H]5Cc6ccc(O)c7c6[C@@]4(CCN5CC4CC4)[C@H]3O7)ccc21. The van der Waals surface area contributed by atoms with E-state index in [4.69, 9.17) is 25.2 Å². The number of amides is 2. The predicted octanol–water partition coefficient (Wildman–Crippen LogP) is 0.198. The molecular weight excluding hydrogens is 602 g/mol. The van der Waals surface area contributed by atoms with E-state index >= 15 is 0 Å². The number of phenols is 1. The van der Waals surface area contributed by atoms with Gasteiger partial charge in [0.25, 0.3) is 11.8 Å². The highest BCUT2D eigenvalue weighted by Gasteiger charge is 2.73. The topological polar surface area (TPSA) is 226 Å². The molecule has 14 nitrogen and oxygen atoms in total. The summed E-state index contributed by atoms with van der Waals surface area (Å²) < 4.78 is 6.59. The number of carboxylic acid groups (broad SMARTS) is 2. The minimum absolute atomic E-state index is 0.0385. The molecule has 7 atom stereocenters. The molecule has 2 amide bonds. The molecule has 3 unspecified atom stereocenters. The van der Waals surface area contributed by atoms with E-state index in [-0.39, 0.29) is 35.8 Å². The van der Waals surface area contributed by atoms with Crippen LogP contribution in [0.3, 0.4) is 0 Å². The molecule has 2 aromatic rings. The number of nitrogens with zero attached hydrogens (tertiary/aromatic N) is 1. The summed E-state index contributed by atoms with van der Waals surface area (Å²) in [4.78, 5) is 46.3. The summed E-state index contributed by atoms with van der Waals surface area (Å²) >= 11 is 0. The van der Waals surface area contributed by atoms with Crippen LogP contribution in [0.5, 0.6) is 11.5 Å². The predicted molar refractivity (Wildman–Crippen MR) is 158 cm³/mol. The second-order valence-electron chi connectivity index (χ2n) is 13.2. The van der Waals surface area contributed by atoms with Crippen LogP contribution in [0.25, 0.3) is 0 Å². The molecule has 6 aliphatic rings. The van der Waals surface area contributed by atoms with Gasteiger partial charge in [-0.2, -0.15) is 0 Å². The Morgan fingerprint density at radius 3 is 2.37 bits per heavy atom. The van der Waals surface area contributed by atoms with Gasteiger partial charge in [-0.15, -0.1) is 0 Å². The van der Waals surface area contributed by atoms with Crippen molar-refractivity contribution < 1.29 is 54.6 Å². The van der Waals surface area contributed by atoms with Crippen molar-refractivity contribution in [2.45, 2.75) is 79.9 Å². The molecule has 8 rings (SSSR count). The van der Waals surface area contributed by atoms with Crippen molar-refractivity contribution >= 4 is 29.4 Å². The van der Waals surface area contributed by atoms with Gasteiger partial charge in [0.05, 0.1) is 28.2 Å². The minimum Gasteiger partial charge on any atom is -0.504 e. The average Bonchev–Trinajstić information content (AvgIpc) is 3.70. The summed E-state index contributed by atoms with van der Waals surface area (Å²) in [5.74, 6) is -2.89. The van der Waals surface area contributed by atoms with Crippen molar-refractivity contribution in [1.82, 2.24) is 10.2 Å². The Balaban J connectivity index is 0.000000296. The number of carbonyl (C=O) groups is 4. The first-order valence-corrected chi connectivity index (χ1v) is 15.4. The van der Waals surface area contributed by atoms with Gasteiger partial charge in [-0.25, -0.2) is 9.59 Å². The van der Waals surface area contributed by atoms with Crippen LogP contribution in [-0.4, -0.2) is 108 Å². The van der Waals surface area contributed by atoms with Gasteiger partial charge in [0.2, 0.25) is 0 Å². The molecule has 3 fully saturated rings. The van der Waals surface area contributed by atoms with E-state index in [2.05, 4.69) is 15.5 Å². The molecule has 0 radical (unpaired) electrons. The molecule has 8 N–H and O–H groups in total. The Morgan fingerprint density at radius 2 is 1.70 bits per heavy atom. The lowest BCUT2D eigenvalue weighted by Gasteiger charge is -2.64. The van der Waals surface area contributed by atoms with Crippen molar-refractivity contribution in [2.24, 2.45) is 5.92 Å². The maximum Gasteiger partial charge on any atom is 0.335 e. The van der Waals surface area contributed by atoms with Gasteiger partial charge in [0.15, 0.2) is 23.7 Å². The van der Waals surface area contributed by atoms with Crippen molar-refractivity contribution in [3.05, 3.63) is 52.6 Å². The molecule has 0 aromatic heterocycles. The number of rotatable bonds is 7. The van der Waals surface area contributed by atoms with Gasteiger partial charge in [-0.1, -0.05) is 6.07 Å². The average molecular weight is 638 g/mol. The number of piperidine rings is 1. The van der Waals surface area contributed by atoms with Gasteiger partial charge in [-0.3, -0.25) is 19.8 Å². The number of likely N-dealkylation sites (tertiary alicyclic amines) is 1. The monoisotopic (exact) mass is 637 g/mol. The third kappa shape index (κ3) is 4.46. The number of imide groups is 1. The molecule has 3 aliphatic carbocycles. The van der Waals surface area contributed by atoms with Crippen LogP contribution >= 0.6 is 0 Å². The summed E-state index contributed by atoms with van der Waals surface area (Å²) in [6.07, 6.45) is 0.559. The highest BCUT2D eigenvalue weighted by molar-refractivity contribution is 6.21. The van der Waals surface area contributed by atoms with Crippen molar-refractivity contribution in [3.63, 3.8) is 0 Å². The van der Waals surface area contributed by atoms with E-state index in [0.717, 1.165) is 43.1 Å². The van der Waals surface area contributed by atoms with Crippen LogP contribution in [0, 0.1) is 5.92 Å². The number of aromatic hydroxyl groups is 1. The molecule has 14 heteroatoms. The Morgan fingerprint density at radius 1 is 1.00 bits per heavy atom. The quantitative estimate of drug-likeness (QED) is 0.190. The van der Waals surface area contributed by atoms with Crippen LogP contribution in [0.15, 0.2) is 30.3 Å². The maximum absolute atomic E-state index is 12.6. The minimum atomic E-state index is -2.27. The number of fused-ring (bicyclic) bond motifs is 1. The summed E-state index contributed by atoms with van der Waals surface area (Å²) in [6.45, 7) is 1.96. The Hall–Kier alpha value is -4.24. The highest BCUT2D eigenvalue weighted by Crippen LogP contribution is 2.65. The molecule has 2 aromatic carbocycles. The fraction of sp³-hybridized carbons (Fsp3) is 0.500. The number of carbonyl (C=O) groups excluding carboxylic acids is 2. The van der Waals surface area contributed by atoms with Crippen molar-refractivity contribution in [1.29, 1.82) is 0 Å². The van der Waals surface area contributed by atoms with Gasteiger partial charge in [-0.05, 0) is 80.8 Å². The number of nitrogens with one attached hydrogen (secondary N) is 2. The number of aliphatic hydroxyl groups excluding tert-OH is 2. The van der Waals surface area contributed by atoms with Crippen LogP contribution in [0.2, 0.25) is 0 Å². The largest absolute Gasteiger partial charge is 0.504 e. The number of hydrogen-bond acceptors (Lipinski definition) is 11. The standard InChI is InChI=1S/C28H29N3O5.C4H6O6/c32-20-6-3-15-11-21-28(35)8-7-19(29-16-4-5-17-18(12-16)26(34)30-25(17)33)24-27(28,22(15)23(20)36-24)9-10-31(21)13-14-1-2-14;5-1(3(7)8)2(6)4(9)10/h3-6,12,14,19,21,24,29,32,35H,1-2,7-11,13H2,(H,30,33,34);1-2,5-6H,(H,7,8)(H,9,10)/t19-,21-,24+,27+,28?;/m1./s1. The van der Waals surface area contributed by atoms with Crippen LogP contribution in [-0.2, 0) is 21.4 Å². The zero-order valence-corrected chi connectivity index (χ0v) is 24.7. The fourth-order valence-corrected chi connectivity index (χ4v) is 8.37. The third-order valence-electron chi connectivity index (χ3n) is 10.7. The van der Waals surface area contributed by atoms with Crippen LogP contribution in [0.4, 0.5) is 5.69 Å². The van der Waals surface area contributed by atoms with E-state index in [1.165, 1.54) is 18.4 Å². The number of anilines is 1. The fourth-order valence-electron chi connectivity index (χ4n) is 8.37. The number of aliphatic hydroxyl groups is 3. The molecular formula is C32H35N3O11. The summed E-state index contributed by atoms with van der Waals surface area (Å²) in [7, 11) is 0. The Bertz CT molecular complexity index is 1640. The zero-order valence-electron chi connectivity index (χ0n) is 24.7.